The zero-order chi connectivity index (χ0) is 18.5. The van der Waals surface area contributed by atoms with Gasteiger partial charge in [-0.05, 0) is 30.4 Å². The second kappa shape index (κ2) is 7.61. The zero-order valence-electron chi connectivity index (χ0n) is 14.4. The van der Waals surface area contributed by atoms with Crippen LogP contribution in [0, 0.1) is 0 Å². The number of hydrogen-bond acceptors (Lipinski definition) is 4. The van der Waals surface area contributed by atoms with Crippen molar-refractivity contribution in [3.05, 3.63) is 78.4 Å². The first-order valence-corrected chi connectivity index (χ1v) is 8.44. The quantitative estimate of drug-likeness (QED) is 0.780. The van der Waals surface area contributed by atoms with Gasteiger partial charge in [0.25, 0.3) is 5.91 Å². The molecular weight excluding hydrogens is 340 g/mol. The van der Waals surface area contributed by atoms with Gasteiger partial charge in [-0.15, -0.1) is 0 Å². The molecule has 0 saturated heterocycles. The minimum Gasteiger partial charge on any atom is -0.487 e. The van der Waals surface area contributed by atoms with Gasteiger partial charge in [-0.2, -0.15) is 0 Å². The summed E-state index contributed by atoms with van der Waals surface area (Å²) in [6, 6.07) is 3.66. The van der Waals surface area contributed by atoms with Crippen molar-refractivity contribution in [1.29, 1.82) is 0 Å². The molecule has 0 radical (unpaired) electrons. The first-order chi connectivity index (χ1) is 13.3. The van der Waals surface area contributed by atoms with Crippen LogP contribution in [0.5, 0.6) is 5.75 Å². The maximum absolute atomic E-state index is 12.2. The standard InChI is InChI=1S/C21H16N4O2/c26-21-17-12-18-16-7-10-23-14-19(16)27-11-5-1-3-8-22-9-4-2-6-15(13-24-21)20(17)25-18/h1-10,12-14,25H,11H2. The number of aliphatic imine (C=N–C) groups is 2. The van der Waals surface area contributed by atoms with E-state index in [2.05, 4.69) is 20.0 Å². The van der Waals surface area contributed by atoms with Crippen LogP contribution in [0.1, 0.15) is 16.1 Å². The summed E-state index contributed by atoms with van der Waals surface area (Å²) in [4.78, 5) is 27.8. The van der Waals surface area contributed by atoms with Gasteiger partial charge >= 0.3 is 0 Å². The highest BCUT2D eigenvalue weighted by Gasteiger charge is 2.22. The number of aromatic amines is 1. The molecule has 4 heterocycles. The van der Waals surface area contributed by atoms with Crippen molar-refractivity contribution in [2.45, 2.75) is 0 Å². The highest BCUT2D eigenvalue weighted by atomic mass is 16.5. The SMILES string of the molecule is O=C1N=CC2=CC=CC=NC=CC=CCOc3cnccc3-c3cc1c2[nH]3. The molecule has 0 atom stereocenters. The molecule has 132 valence electrons. The Morgan fingerprint density at radius 2 is 2.07 bits per heavy atom. The third-order valence-electron chi connectivity index (χ3n) is 4.05. The van der Waals surface area contributed by atoms with E-state index < -0.39 is 0 Å². The number of carbonyl (C=O) groups excluding carboxylic acids is 1. The molecule has 6 nitrogen and oxygen atoms in total. The maximum atomic E-state index is 12.2. The Kier molecular flexibility index (Phi) is 4.70. The number of rotatable bonds is 0. The second-order valence-corrected chi connectivity index (χ2v) is 5.79. The summed E-state index contributed by atoms with van der Waals surface area (Å²) in [5.41, 5.74) is 3.70. The maximum Gasteiger partial charge on any atom is 0.279 e. The monoisotopic (exact) mass is 356 g/mol. The van der Waals surface area contributed by atoms with Crippen LogP contribution in [0.15, 0.2) is 77.2 Å². The lowest BCUT2D eigenvalue weighted by Crippen LogP contribution is -2.05. The van der Waals surface area contributed by atoms with Gasteiger partial charge in [-0.1, -0.05) is 18.2 Å². The van der Waals surface area contributed by atoms with E-state index in [0.717, 1.165) is 22.5 Å². The summed E-state index contributed by atoms with van der Waals surface area (Å²) in [5, 5.41) is 0. The molecule has 4 rings (SSSR count). The van der Waals surface area contributed by atoms with E-state index in [9.17, 15) is 4.79 Å². The van der Waals surface area contributed by atoms with E-state index in [4.69, 9.17) is 4.74 Å². The topological polar surface area (TPSA) is 79.7 Å². The van der Waals surface area contributed by atoms with E-state index in [1.807, 2.05) is 42.5 Å². The van der Waals surface area contributed by atoms with Crippen molar-refractivity contribution >= 4 is 23.9 Å². The highest BCUT2D eigenvalue weighted by molar-refractivity contribution is 6.22. The zero-order valence-corrected chi connectivity index (χ0v) is 14.4. The molecule has 1 N–H and O–H groups in total. The van der Waals surface area contributed by atoms with Crippen molar-refractivity contribution in [3.8, 4) is 17.0 Å². The molecule has 2 aliphatic heterocycles. The summed E-state index contributed by atoms with van der Waals surface area (Å²) in [5.74, 6) is 0.361. The lowest BCUT2D eigenvalue weighted by atomic mass is 10.1. The molecule has 2 aromatic rings. The Morgan fingerprint density at radius 3 is 3.04 bits per heavy atom. The number of H-pyrrole nitrogens is 1. The number of hydrogen-bond donors (Lipinski definition) is 1. The van der Waals surface area contributed by atoms with Crippen molar-refractivity contribution in [2.24, 2.45) is 9.98 Å². The van der Waals surface area contributed by atoms with Gasteiger partial charge in [0.2, 0.25) is 0 Å². The lowest BCUT2D eigenvalue weighted by molar-refractivity contribution is 0.100. The number of aromatic nitrogens is 2. The lowest BCUT2D eigenvalue weighted by Gasteiger charge is -2.08. The van der Waals surface area contributed by atoms with Crippen LogP contribution in [-0.4, -0.2) is 34.9 Å². The average molecular weight is 356 g/mol. The molecule has 0 saturated carbocycles. The van der Waals surface area contributed by atoms with Gasteiger partial charge < -0.3 is 9.72 Å². The van der Waals surface area contributed by atoms with E-state index in [1.165, 1.54) is 0 Å². The fourth-order valence-corrected chi connectivity index (χ4v) is 2.78. The molecular formula is C21H16N4O2. The largest absolute Gasteiger partial charge is 0.487 e. The Balaban J connectivity index is 1.83. The second-order valence-electron chi connectivity index (χ2n) is 5.79. The van der Waals surface area contributed by atoms with Gasteiger partial charge in [0, 0.05) is 36.0 Å². The molecule has 0 aliphatic carbocycles. The Morgan fingerprint density at radius 1 is 1.11 bits per heavy atom. The van der Waals surface area contributed by atoms with E-state index >= 15 is 0 Å². The van der Waals surface area contributed by atoms with Gasteiger partial charge in [0.1, 0.15) is 12.4 Å². The van der Waals surface area contributed by atoms with Crippen molar-refractivity contribution in [3.63, 3.8) is 0 Å². The molecule has 0 aromatic carbocycles. The summed E-state index contributed by atoms with van der Waals surface area (Å²) < 4.78 is 5.84. The molecule has 2 aliphatic rings. The van der Waals surface area contributed by atoms with Crippen molar-refractivity contribution in [2.75, 3.05) is 6.61 Å². The minimum absolute atomic E-state index is 0.269. The smallest absolute Gasteiger partial charge is 0.279 e. The Bertz CT molecular complexity index is 1050. The number of fused-ring (bicyclic) bond motifs is 3. The molecule has 27 heavy (non-hydrogen) atoms. The molecule has 0 spiro atoms. The first kappa shape index (κ1) is 16.7. The number of allylic oxidation sites excluding steroid dienone is 6. The van der Waals surface area contributed by atoms with Crippen molar-refractivity contribution < 1.29 is 9.53 Å². The predicted molar refractivity (Wildman–Crippen MR) is 106 cm³/mol. The van der Waals surface area contributed by atoms with Crippen molar-refractivity contribution in [1.82, 2.24) is 9.97 Å². The number of nitrogens with zero attached hydrogens (tertiary/aromatic N) is 3. The summed E-state index contributed by atoms with van der Waals surface area (Å²) in [6.45, 7) is 0.389. The summed E-state index contributed by atoms with van der Waals surface area (Å²) in [7, 11) is 0. The number of carbonyl (C=O) groups is 1. The fourth-order valence-electron chi connectivity index (χ4n) is 2.78. The minimum atomic E-state index is -0.269. The number of ether oxygens (including phenoxy) is 1. The normalized spacial score (nSPS) is 15.9. The van der Waals surface area contributed by atoms with E-state index in [-0.39, 0.29) is 5.91 Å². The van der Waals surface area contributed by atoms with Crippen LogP contribution in [0.25, 0.3) is 16.8 Å². The molecule has 2 bridgehead atoms. The molecule has 1 amide bonds. The van der Waals surface area contributed by atoms with E-state index in [0.29, 0.717) is 17.9 Å². The third kappa shape index (κ3) is 3.59. The molecule has 0 unspecified atom stereocenters. The molecule has 2 aromatic heterocycles. The Labute approximate surface area is 156 Å². The fraction of sp³-hybridized carbons (Fsp3) is 0.0476. The van der Waals surface area contributed by atoms with Crippen LogP contribution < -0.4 is 4.74 Å². The number of pyridine rings is 1. The van der Waals surface area contributed by atoms with Crippen LogP contribution in [-0.2, 0) is 0 Å². The number of amides is 1. The first-order valence-electron chi connectivity index (χ1n) is 8.44. The van der Waals surface area contributed by atoms with Crippen LogP contribution in [0.4, 0.5) is 0 Å². The predicted octanol–water partition coefficient (Wildman–Crippen LogP) is 3.77. The van der Waals surface area contributed by atoms with Gasteiger partial charge in [-0.25, -0.2) is 4.99 Å². The van der Waals surface area contributed by atoms with Gasteiger partial charge in [0.15, 0.2) is 0 Å². The van der Waals surface area contributed by atoms with Crippen LogP contribution in [0.3, 0.4) is 0 Å². The number of nitrogens with one attached hydrogen (secondary N) is 1. The molecule has 6 heteroatoms. The van der Waals surface area contributed by atoms with Crippen LogP contribution in [0.2, 0.25) is 0 Å². The molecule has 0 fully saturated rings. The summed E-state index contributed by atoms with van der Waals surface area (Å²) >= 11 is 0. The third-order valence-corrected chi connectivity index (χ3v) is 4.05. The highest BCUT2D eigenvalue weighted by Crippen LogP contribution is 2.33. The van der Waals surface area contributed by atoms with E-state index in [1.54, 1.807) is 37.1 Å². The Hall–Kier alpha value is -3.80. The van der Waals surface area contributed by atoms with Gasteiger partial charge in [-0.3, -0.25) is 14.8 Å². The average Bonchev–Trinajstić information content (AvgIpc) is 3.14. The van der Waals surface area contributed by atoms with Crippen LogP contribution >= 0.6 is 0 Å². The van der Waals surface area contributed by atoms with Gasteiger partial charge in [0.05, 0.1) is 23.1 Å². The summed E-state index contributed by atoms with van der Waals surface area (Å²) in [6.07, 6.45) is 19.4.